The molecule has 1 aromatic heterocycles. The number of nitrogens with zero attached hydrogens (tertiary/aromatic N) is 2. The van der Waals surface area contributed by atoms with Gasteiger partial charge in [-0.3, -0.25) is 4.79 Å². The molecule has 25 heavy (non-hydrogen) atoms. The zero-order chi connectivity index (χ0) is 19.1. The van der Waals surface area contributed by atoms with Crippen LogP contribution >= 0.6 is 11.6 Å². The molecule has 0 unspecified atom stereocenters. The first kappa shape index (κ1) is 18.8. The Morgan fingerprint density at radius 2 is 1.80 bits per heavy atom. The first-order chi connectivity index (χ1) is 11.4. The van der Waals surface area contributed by atoms with E-state index >= 15 is 0 Å². The summed E-state index contributed by atoms with van der Waals surface area (Å²) in [5.74, 6) is 3.96. The third-order valence-electron chi connectivity index (χ3n) is 3.03. The van der Waals surface area contributed by atoms with E-state index in [1.54, 1.807) is 13.8 Å². The standard InChI is InChI=1S/C14H12ClF4N3O3/c1-6(2)25-10-4-9(8(16)3-7(10)15)21-12(23)5-11(14(17,18)19)22(20)13(21)24/h3-6H,20H2,1-2H3. The van der Waals surface area contributed by atoms with Gasteiger partial charge in [-0.25, -0.2) is 18.4 Å². The molecule has 0 bridgehead atoms. The molecule has 0 aliphatic carbocycles. The molecule has 6 nitrogen and oxygen atoms in total. The number of halogens is 5. The third-order valence-corrected chi connectivity index (χ3v) is 3.33. The van der Waals surface area contributed by atoms with E-state index in [1.807, 2.05) is 0 Å². The van der Waals surface area contributed by atoms with Crippen LogP contribution in [-0.2, 0) is 6.18 Å². The van der Waals surface area contributed by atoms with Gasteiger partial charge in [0.25, 0.3) is 5.56 Å². The van der Waals surface area contributed by atoms with Crippen molar-refractivity contribution < 1.29 is 22.3 Å². The summed E-state index contributed by atoms with van der Waals surface area (Å²) < 4.78 is 57.7. The van der Waals surface area contributed by atoms with Crippen LogP contribution < -0.4 is 21.8 Å². The van der Waals surface area contributed by atoms with Crippen molar-refractivity contribution in [1.82, 2.24) is 9.24 Å². The Hall–Kier alpha value is -2.49. The summed E-state index contributed by atoms with van der Waals surface area (Å²) in [4.78, 5) is 24.1. The van der Waals surface area contributed by atoms with Crippen molar-refractivity contribution >= 4 is 11.6 Å². The van der Waals surface area contributed by atoms with E-state index in [0.29, 0.717) is 0 Å². The van der Waals surface area contributed by atoms with Crippen LogP contribution in [0.5, 0.6) is 5.75 Å². The lowest BCUT2D eigenvalue weighted by Gasteiger charge is -2.16. The van der Waals surface area contributed by atoms with E-state index in [-0.39, 0.29) is 32.2 Å². The van der Waals surface area contributed by atoms with E-state index < -0.39 is 34.6 Å². The van der Waals surface area contributed by atoms with Crippen LogP contribution in [0, 0.1) is 5.82 Å². The highest BCUT2D eigenvalue weighted by atomic mass is 35.5. The fourth-order valence-corrected chi connectivity index (χ4v) is 2.23. The van der Waals surface area contributed by atoms with Crippen LogP contribution in [0.15, 0.2) is 27.8 Å². The predicted octanol–water partition coefficient (Wildman–Crippen LogP) is 2.31. The van der Waals surface area contributed by atoms with Crippen LogP contribution in [0.4, 0.5) is 17.6 Å². The average molecular weight is 382 g/mol. The topological polar surface area (TPSA) is 79.2 Å². The van der Waals surface area contributed by atoms with E-state index in [4.69, 9.17) is 22.2 Å². The largest absolute Gasteiger partial charge is 0.489 e. The van der Waals surface area contributed by atoms with Crippen LogP contribution in [0.3, 0.4) is 0 Å². The summed E-state index contributed by atoms with van der Waals surface area (Å²) in [7, 11) is 0. The van der Waals surface area contributed by atoms with Crippen molar-refractivity contribution in [3.05, 3.63) is 55.6 Å². The lowest BCUT2D eigenvalue weighted by atomic mass is 10.2. The molecule has 0 aliphatic rings. The van der Waals surface area contributed by atoms with Crippen molar-refractivity contribution in [3.63, 3.8) is 0 Å². The third kappa shape index (κ3) is 3.63. The molecular formula is C14H12ClF4N3O3. The van der Waals surface area contributed by atoms with Crippen LogP contribution in [0.2, 0.25) is 5.02 Å². The summed E-state index contributed by atoms with van der Waals surface area (Å²) >= 11 is 5.82. The number of hydrogen-bond donors (Lipinski definition) is 1. The molecule has 0 aliphatic heterocycles. The quantitative estimate of drug-likeness (QED) is 0.653. The van der Waals surface area contributed by atoms with Crippen molar-refractivity contribution in [1.29, 1.82) is 0 Å². The molecule has 2 N–H and O–H groups in total. The van der Waals surface area contributed by atoms with Gasteiger partial charge in [0.2, 0.25) is 0 Å². The number of alkyl halides is 3. The lowest BCUT2D eigenvalue weighted by molar-refractivity contribution is -0.143. The molecule has 0 saturated heterocycles. The maximum absolute atomic E-state index is 14.2. The smallest absolute Gasteiger partial charge is 0.433 e. The summed E-state index contributed by atoms with van der Waals surface area (Å²) in [6.45, 7) is 3.30. The first-order valence-electron chi connectivity index (χ1n) is 6.81. The van der Waals surface area contributed by atoms with Gasteiger partial charge >= 0.3 is 11.9 Å². The number of benzene rings is 1. The van der Waals surface area contributed by atoms with Crippen molar-refractivity contribution in [2.24, 2.45) is 0 Å². The summed E-state index contributed by atoms with van der Waals surface area (Å²) in [6.07, 6.45) is -5.40. The van der Waals surface area contributed by atoms with Gasteiger partial charge < -0.3 is 10.6 Å². The summed E-state index contributed by atoms with van der Waals surface area (Å²) in [5.41, 5.74) is -5.28. The average Bonchev–Trinajstić information content (AvgIpc) is 2.45. The maximum Gasteiger partial charge on any atom is 0.433 e. The molecule has 0 radical (unpaired) electrons. The van der Waals surface area contributed by atoms with Gasteiger partial charge in [0, 0.05) is 12.1 Å². The maximum atomic E-state index is 14.2. The number of nitrogens with two attached hydrogens (primary N) is 1. The normalized spacial score (nSPS) is 11.8. The number of hydrogen-bond acceptors (Lipinski definition) is 4. The Morgan fingerprint density at radius 1 is 1.20 bits per heavy atom. The van der Waals surface area contributed by atoms with Crippen molar-refractivity contribution in [2.45, 2.75) is 26.1 Å². The Balaban J connectivity index is 2.78. The molecule has 1 heterocycles. The summed E-state index contributed by atoms with van der Waals surface area (Å²) in [6, 6.07) is 1.81. The molecule has 11 heteroatoms. The minimum Gasteiger partial charge on any atom is -0.489 e. The number of rotatable bonds is 3. The monoisotopic (exact) mass is 381 g/mol. The van der Waals surface area contributed by atoms with Gasteiger partial charge in [-0.2, -0.15) is 13.2 Å². The fourth-order valence-electron chi connectivity index (χ4n) is 2.03. The Kier molecular flexibility index (Phi) is 4.85. The van der Waals surface area contributed by atoms with Gasteiger partial charge in [-0.05, 0) is 19.9 Å². The van der Waals surface area contributed by atoms with Gasteiger partial charge in [-0.1, -0.05) is 11.6 Å². The predicted molar refractivity (Wildman–Crippen MR) is 82.2 cm³/mol. The molecule has 0 atom stereocenters. The highest BCUT2D eigenvalue weighted by molar-refractivity contribution is 6.32. The number of ether oxygens (including phenoxy) is 1. The minimum absolute atomic E-state index is 0.0529. The molecule has 136 valence electrons. The molecule has 0 amide bonds. The van der Waals surface area contributed by atoms with Gasteiger partial charge in [0.05, 0.1) is 16.8 Å². The lowest BCUT2D eigenvalue weighted by Crippen LogP contribution is -2.45. The second-order valence-corrected chi connectivity index (χ2v) is 5.66. The van der Waals surface area contributed by atoms with Gasteiger partial charge in [0.15, 0.2) is 5.69 Å². The van der Waals surface area contributed by atoms with Crippen LogP contribution in [0.1, 0.15) is 19.5 Å². The zero-order valence-corrected chi connectivity index (χ0v) is 13.7. The van der Waals surface area contributed by atoms with Crippen LogP contribution in [0.25, 0.3) is 5.69 Å². The fraction of sp³-hybridized carbons (Fsp3) is 0.286. The molecule has 2 rings (SSSR count). The second kappa shape index (κ2) is 6.43. The summed E-state index contributed by atoms with van der Waals surface area (Å²) in [5, 5.41) is -0.136. The number of aromatic nitrogens is 2. The van der Waals surface area contributed by atoms with Crippen molar-refractivity contribution in [3.8, 4) is 11.4 Å². The Bertz CT molecular complexity index is 935. The van der Waals surface area contributed by atoms with E-state index in [1.165, 1.54) is 0 Å². The minimum atomic E-state index is -5.03. The number of nitrogen functional groups attached to an aromatic ring is 1. The van der Waals surface area contributed by atoms with E-state index in [2.05, 4.69) is 0 Å². The molecular weight excluding hydrogens is 370 g/mol. The highest BCUT2D eigenvalue weighted by Crippen LogP contribution is 2.30. The van der Waals surface area contributed by atoms with Gasteiger partial charge in [-0.15, -0.1) is 0 Å². The van der Waals surface area contributed by atoms with Gasteiger partial charge in [0.1, 0.15) is 11.6 Å². The van der Waals surface area contributed by atoms with E-state index in [0.717, 1.165) is 12.1 Å². The Morgan fingerprint density at radius 3 is 2.32 bits per heavy atom. The zero-order valence-electron chi connectivity index (χ0n) is 12.9. The molecule has 0 fully saturated rings. The van der Waals surface area contributed by atoms with Crippen molar-refractivity contribution in [2.75, 3.05) is 5.84 Å². The molecule has 0 saturated carbocycles. The first-order valence-corrected chi connectivity index (χ1v) is 7.18. The second-order valence-electron chi connectivity index (χ2n) is 5.25. The highest BCUT2D eigenvalue weighted by Gasteiger charge is 2.36. The SMILES string of the molecule is CC(C)Oc1cc(-n2c(=O)cc(C(F)(F)F)n(N)c2=O)c(F)cc1Cl. The molecule has 2 aromatic rings. The molecule has 1 aromatic carbocycles. The van der Waals surface area contributed by atoms with Crippen LogP contribution in [-0.4, -0.2) is 15.3 Å². The Labute approximate surface area is 143 Å². The molecule has 0 spiro atoms. The van der Waals surface area contributed by atoms with E-state index in [9.17, 15) is 27.2 Å².